The van der Waals surface area contributed by atoms with Crippen LogP contribution in [0.4, 0.5) is 4.39 Å². The lowest BCUT2D eigenvalue weighted by atomic mass is 9.70. The van der Waals surface area contributed by atoms with Crippen molar-refractivity contribution in [2.45, 2.75) is 37.5 Å². The monoisotopic (exact) mass is 226 g/mol. The van der Waals surface area contributed by atoms with Crippen molar-refractivity contribution >= 4 is 11.6 Å². The summed E-state index contributed by atoms with van der Waals surface area (Å²) in [7, 11) is 0. The van der Waals surface area contributed by atoms with Crippen molar-refractivity contribution in [3.63, 3.8) is 0 Å². The molecule has 0 atom stereocenters. The quantitative estimate of drug-likeness (QED) is 0.696. The predicted octanol–water partition coefficient (Wildman–Crippen LogP) is 4.51. The van der Waals surface area contributed by atoms with Gasteiger partial charge in [-0.25, -0.2) is 0 Å². The van der Waals surface area contributed by atoms with E-state index in [0.29, 0.717) is 5.02 Å². The lowest BCUT2D eigenvalue weighted by Crippen LogP contribution is -2.31. The molecule has 1 aromatic rings. The van der Waals surface area contributed by atoms with Crippen LogP contribution in [0.1, 0.15) is 37.7 Å². The molecule has 2 heteroatoms. The average molecular weight is 227 g/mol. The average Bonchev–Trinajstić information content (AvgIpc) is 2.30. The van der Waals surface area contributed by atoms with Gasteiger partial charge in [0.2, 0.25) is 0 Å². The molecule has 0 nitrogen and oxygen atoms in total. The molecule has 0 aromatic heterocycles. The second kappa shape index (κ2) is 4.52. The third-order valence-corrected chi connectivity index (χ3v) is 3.74. The molecule has 15 heavy (non-hydrogen) atoms. The third-order valence-electron chi connectivity index (χ3n) is 3.50. The number of hydrogen-bond acceptors (Lipinski definition) is 0. The SMILES string of the molecule is FCC1(c2cccc(Cl)c2)CCCCC1. The standard InChI is InChI=1S/C13H16ClF/c14-12-6-4-5-11(9-12)13(10-15)7-2-1-3-8-13/h4-6,9H,1-3,7-8,10H2. The van der Waals surface area contributed by atoms with Gasteiger partial charge in [-0.2, -0.15) is 0 Å². The summed E-state index contributed by atoms with van der Waals surface area (Å²) in [4.78, 5) is 0. The highest BCUT2D eigenvalue weighted by Gasteiger charge is 2.33. The minimum absolute atomic E-state index is 0.247. The van der Waals surface area contributed by atoms with Gasteiger partial charge in [0.25, 0.3) is 0 Å². The van der Waals surface area contributed by atoms with E-state index in [0.717, 1.165) is 31.2 Å². The van der Waals surface area contributed by atoms with Crippen molar-refractivity contribution in [3.05, 3.63) is 34.9 Å². The Bertz CT molecular complexity index is 329. The number of rotatable bonds is 2. The zero-order valence-corrected chi connectivity index (χ0v) is 9.56. The van der Waals surface area contributed by atoms with Gasteiger partial charge >= 0.3 is 0 Å². The Morgan fingerprint density at radius 1 is 1.20 bits per heavy atom. The van der Waals surface area contributed by atoms with Crippen LogP contribution in [0.15, 0.2) is 24.3 Å². The maximum atomic E-state index is 13.3. The van der Waals surface area contributed by atoms with Gasteiger partial charge in [0.05, 0.1) is 6.67 Å². The van der Waals surface area contributed by atoms with Gasteiger partial charge in [-0.1, -0.05) is 43.0 Å². The molecule has 0 spiro atoms. The Morgan fingerprint density at radius 2 is 1.93 bits per heavy atom. The Kier molecular flexibility index (Phi) is 3.30. The summed E-state index contributed by atoms with van der Waals surface area (Å²) in [6, 6.07) is 7.70. The van der Waals surface area contributed by atoms with Gasteiger partial charge in [-0.15, -0.1) is 0 Å². The number of alkyl halides is 1. The van der Waals surface area contributed by atoms with Crippen LogP contribution in [0.25, 0.3) is 0 Å². The summed E-state index contributed by atoms with van der Waals surface area (Å²) in [6.45, 7) is -0.257. The van der Waals surface area contributed by atoms with E-state index in [1.807, 2.05) is 24.3 Å². The summed E-state index contributed by atoms with van der Waals surface area (Å²) in [5.74, 6) is 0. The van der Waals surface area contributed by atoms with Gasteiger partial charge in [-0.3, -0.25) is 4.39 Å². The minimum Gasteiger partial charge on any atom is -0.250 e. The predicted molar refractivity (Wildman–Crippen MR) is 62.2 cm³/mol. The lowest BCUT2D eigenvalue weighted by Gasteiger charge is -2.35. The molecule has 1 fully saturated rings. The van der Waals surface area contributed by atoms with Crippen LogP contribution in [-0.2, 0) is 5.41 Å². The largest absolute Gasteiger partial charge is 0.250 e. The fraction of sp³-hybridized carbons (Fsp3) is 0.538. The second-order valence-electron chi connectivity index (χ2n) is 4.48. The van der Waals surface area contributed by atoms with Crippen molar-refractivity contribution in [1.82, 2.24) is 0 Å². The van der Waals surface area contributed by atoms with Gasteiger partial charge in [0, 0.05) is 10.4 Å². The van der Waals surface area contributed by atoms with E-state index in [1.165, 1.54) is 6.42 Å². The number of hydrogen-bond donors (Lipinski definition) is 0. The normalized spacial score (nSPS) is 20.1. The molecule has 0 saturated heterocycles. The van der Waals surface area contributed by atoms with E-state index in [9.17, 15) is 4.39 Å². The molecule has 0 amide bonds. The lowest BCUT2D eigenvalue weighted by molar-refractivity contribution is 0.226. The van der Waals surface area contributed by atoms with E-state index in [4.69, 9.17) is 11.6 Å². The molecule has 0 heterocycles. The molecule has 1 aliphatic carbocycles. The molecule has 1 saturated carbocycles. The molecular weight excluding hydrogens is 211 g/mol. The topological polar surface area (TPSA) is 0 Å². The van der Waals surface area contributed by atoms with E-state index >= 15 is 0 Å². The van der Waals surface area contributed by atoms with E-state index < -0.39 is 0 Å². The molecule has 0 unspecified atom stereocenters. The first-order chi connectivity index (χ1) is 7.27. The molecule has 0 bridgehead atoms. The van der Waals surface area contributed by atoms with E-state index in [-0.39, 0.29) is 12.1 Å². The summed E-state index contributed by atoms with van der Waals surface area (Å²) in [5, 5.41) is 0.714. The molecule has 0 radical (unpaired) electrons. The van der Waals surface area contributed by atoms with Gasteiger partial charge in [0.1, 0.15) is 0 Å². The Hall–Kier alpha value is -0.560. The molecular formula is C13H16ClF. The smallest absolute Gasteiger partial charge is 0.0990 e. The third kappa shape index (κ3) is 2.17. The highest BCUT2D eigenvalue weighted by atomic mass is 35.5. The highest BCUT2D eigenvalue weighted by molar-refractivity contribution is 6.30. The van der Waals surface area contributed by atoms with Gasteiger partial charge < -0.3 is 0 Å². The van der Waals surface area contributed by atoms with Crippen molar-refractivity contribution in [2.75, 3.05) is 6.67 Å². The molecule has 2 rings (SSSR count). The second-order valence-corrected chi connectivity index (χ2v) is 4.92. The fourth-order valence-electron chi connectivity index (χ4n) is 2.55. The summed E-state index contributed by atoms with van der Waals surface area (Å²) in [5.41, 5.74) is 0.834. The molecule has 0 aliphatic heterocycles. The number of halogens is 2. The van der Waals surface area contributed by atoms with Crippen molar-refractivity contribution < 1.29 is 4.39 Å². The van der Waals surface area contributed by atoms with E-state index in [1.54, 1.807) is 0 Å². The summed E-state index contributed by atoms with van der Waals surface area (Å²) >= 11 is 5.96. The van der Waals surface area contributed by atoms with E-state index in [2.05, 4.69) is 0 Å². The van der Waals surface area contributed by atoms with Crippen LogP contribution in [0.3, 0.4) is 0 Å². The molecule has 1 aliphatic rings. The van der Waals surface area contributed by atoms with Crippen LogP contribution in [0, 0.1) is 0 Å². The zero-order chi connectivity index (χ0) is 10.7. The first kappa shape index (κ1) is 10.9. The van der Waals surface area contributed by atoms with Crippen LogP contribution in [0.2, 0.25) is 5.02 Å². The van der Waals surface area contributed by atoms with Crippen molar-refractivity contribution in [3.8, 4) is 0 Å². The summed E-state index contributed by atoms with van der Waals surface area (Å²) < 4.78 is 13.3. The van der Waals surface area contributed by atoms with Gasteiger partial charge in [-0.05, 0) is 30.5 Å². The summed E-state index contributed by atoms with van der Waals surface area (Å²) in [6.07, 6.45) is 5.43. The fourth-order valence-corrected chi connectivity index (χ4v) is 2.74. The van der Waals surface area contributed by atoms with Crippen LogP contribution in [0.5, 0.6) is 0 Å². The van der Waals surface area contributed by atoms with Crippen molar-refractivity contribution in [2.24, 2.45) is 0 Å². The maximum absolute atomic E-state index is 13.3. The first-order valence-corrected chi connectivity index (χ1v) is 5.97. The maximum Gasteiger partial charge on any atom is 0.0990 e. The number of benzene rings is 1. The minimum atomic E-state index is -0.257. The van der Waals surface area contributed by atoms with Crippen LogP contribution < -0.4 is 0 Å². The van der Waals surface area contributed by atoms with Crippen molar-refractivity contribution in [1.29, 1.82) is 0 Å². The molecule has 82 valence electrons. The first-order valence-electron chi connectivity index (χ1n) is 5.59. The van der Waals surface area contributed by atoms with Gasteiger partial charge in [0.15, 0.2) is 0 Å². The Labute approximate surface area is 95.4 Å². The van der Waals surface area contributed by atoms with Crippen LogP contribution >= 0.6 is 11.6 Å². The molecule has 1 aromatic carbocycles. The highest BCUT2D eigenvalue weighted by Crippen LogP contribution is 2.40. The Morgan fingerprint density at radius 3 is 2.53 bits per heavy atom. The van der Waals surface area contributed by atoms with Crippen LogP contribution in [-0.4, -0.2) is 6.67 Å². The zero-order valence-electron chi connectivity index (χ0n) is 8.81. The Balaban J connectivity index is 2.32. The molecule has 0 N–H and O–H groups in total.